The Morgan fingerprint density at radius 3 is 1.08 bits per heavy atom. The topological polar surface area (TPSA) is 131 Å². The third kappa shape index (κ3) is 48.0. The Labute approximate surface area is 371 Å². The number of phosphoric ester groups is 1. The van der Waals surface area contributed by atoms with E-state index in [9.17, 15) is 24.2 Å². The summed E-state index contributed by atoms with van der Waals surface area (Å²) in [6, 6.07) is 0. The number of carbonyl (C=O) groups is 2. The lowest BCUT2D eigenvalue weighted by atomic mass is 10.0. The van der Waals surface area contributed by atoms with E-state index in [4.69, 9.17) is 13.8 Å². The maximum atomic E-state index is 12.1. The van der Waals surface area contributed by atoms with Gasteiger partial charge in [0.15, 0.2) is 0 Å². The molecule has 3 N–H and O–H groups in total. The minimum Gasteiger partial charge on any atom is -0.463 e. The average Bonchev–Trinajstić information content (AvgIpc) is 3.23. The van der Waals surface area contributed by atoms with Crippen molar-refractivity contribution in [2.24, 2.45) is 0 Å². The fraction of sp³-hybridized carbons (Fsp3) is 0.960. The Kier molecular flexibility index (Phi) is 46.7. The predicted octanol–water partition coefficient (Wildman–Crippen LogP) is 15.2. The van der Waals surface area contributed by atoms with Crippen LogP contribution in [0.2, 0.25) is 0 Å². The zero-order valence-electron chi connectivity index (χ0n) is 39.7. The van der Waals surface area contributed by atoms with Crippen molar-refractivity contribution in [1.29, 1.82) is 0 Å². The smallest absolute Gasteiger partial charge is 0.463 e. The SMILES string of the molecule is CCCCCCCCCCCCCCCCCCCCCCCCCCC(=O)NCCOP(=O)(O)OCC(O)COC(=O)CCCCCCCCCCCCCCCCC. The first-order valence-corrected chi connectivity index (χ1v) is 27.5. The molecule has 0 saturated carbocycles. The zero-order valence-corrected chi connectivity index (χ0v) is 40.6. The van der Waals surface area contributed by atoms with Crippen LogP contribution in [0, 0.1) is 0 Å². The molecule has 2 atom stereocenters. The molecule has 0 aromatic rings. The molecule has 0 aromatic carbocycles. The monoisotopic (exact) mass is 874 g/mol. The third-order valence-corrected chi connectivity index (χ3v) is 12.8. The summed E-state index contributed by atoms with van der Waals surface area (Å²) in [7, 11) is -4.41. The first-order chi connectivity index (χ1) is 29.3. The van der Waals surface area contributed by atoms with Crippen molar-refractivity contribution in [3.8, 4) is 0 Å². The molecular formula is C50H100NO8P. The lowest BCUT2D eigenvalue weighted by Crippen LogP contribution is -2.27. The molecule has 0 radical (unpaired) electrons. The molecule has 9 nitrogen and oxygen atoms in total. The molecule has 2 unspecified atom stereocenters. The van der Waals surface area contributed by atoms with Crippen LogP contribution in [0.3, 0.4) is 0 Å². The van der Waals surface area contributed by atoms with E-state index in [0.717, 1.165) is 38.5 Å². The number of aliphatic hydroxyl groups is 1. The first kappa shape index (κ1) is 59.0. The molecule has 60 heavy (non-hydrogen) atoms. The van der Waals surface area contributed by atoms with Gasteiger partial charge in [-0.1, -0.05) is 251 Å². The summed E-state index contributed by atoms with van der Waals surface area (Å²) >= 11 is 0. The van der Waals surface area contributed by atoms with Gasteiger partial charge in [0.1, 0.15) is 12.7 Å². The fourth-order valence-corrected chi connectivity index (χ4v) is 8.61. The highest BCUT2D eigenvalue weighted by Crippen LogP contribution is 2.42. The van der Waals surface area contributed by atoms with Crippen LogP contribution in [0.25, 0.3) is 0 Å². The Morgan fingerprint density at radius 2 is 0.750 bits per heavy atom. The van der Waals surface area contributed by atoms with Gasteiger partial charge in [0, 0.05) is 19.4 Å². The van der Waals surface area contributed by atoms with Gasteiger partial charge in [0.2, 0.25) is 5.91 Å². The number of esters is 1. The van der Waals surface area contributed by atoms with E-state index in [2.05, 4.69) is 19.2 Å². The van der Waals surface area contributed by atoms with Crippen LogP contribution in [0.4, 0.5) is 0 Å². The van der Waals surface area contributed by atoms with Crippen molar-refractivity contribution in [2.45, 2.75) is 283 Å². The van der Waals surface area contributed by atoms with Crippen molar-refractivity contribution in [1.82, 2.24) is 5.32 Å². The van der Waals surface area contributed by atoms with Crippen LogP contribution < -0.4 is 5.32 Å². The summed E-state index contributed by atoms with van der Waals surface area (Å²) in [6.45, 7) is 3.62. The summed E-state index contributed by atoms with van der Waals surface area (Å²) in [6.07, 6.45) is 50.5. The molecule has 0 heterocycles. The number of ether oxygens (including phenoxy) is 1. The van der Waals surface area contributed by atoms with Gasteiger partial charge in [-0.05, 0) is 12.8 Å². The Balaban J connectivity index is 3.48. The van der Waals surface area contributed by atoms with Crippen LogP contribution in [-0.2, 0) is 27.9 Å². The number of carbonyl (C=O) groups excluding carboxylic acids is 2. The van der Waals surface area contributed by atoms with E-state index >= 15 is 0 Å². The molecule has 0 spiro atoms. The summed E-state index contributed by atoms with van der Waals surface area (Å²) < 4.78 is 27.0. The first-order valence-electron chi connectivity index (χ1n) is 26.0. The van der Waals surface area contributed by atoms with E-state index in [0.29, 0.717) is 12.8 Å². The molecule has 358 valence electrons. The Hall–Kier alpha value is -0.990. The van der Waals surface area contributed by atoms with Crippen LogP contribution in [0.5, 0.6) is 0 Å². The van der Waals surface area contributed by atoms with Gasteiger partial charge in [-0.15, -0.1) is 0 Å². The van der Waals surface area contributed by atoms with Gasteiger partial charge in [0.25, 0.3) is 0 Å². The van der Waals surface area contributed by atoms with Crippen molar-refractivity contribution in [3.05, 3.63) is 0 Å². The Morgan fingerprint density at radius 1 is 0.450 bits per heavy atom. The quantitative estimate of drug-likeness (QED) is 0.0313. The highest BCUT2D eigenvalue weighted by atomic mass is 31.2. The largest absolute Gasteiger partial charge is 0.472 e. The van der Waals surface area contributed by atoms with Crippen LogP contribution in [-0.4, -0.2) is 54.3 Å². The molecule has 0 bridgehead atoms. The number of unbranched alkanes of at least 4 members (excludes halogenated alkanes) is 37. The minimum absolute atomic E-state index is 0.0889. The van der Waals surface area contributed by atoms with Crippen LogP contribution >= 0.6 is 7.82 Å². The van der Waals surface area contributed by atoms with Crippen molar-refractivity contribution < 1.29 is 37.9 Å². The van der Waals surface area contributed by atoms with Gasteiger partial charge >= 0.3 is 13.8 Å². The highest BCUT2D eigenvalue weighted by Gasteiger charge is 2.23. The van der Waals surface area contributed by atoms with Crippen molar-refractivity contribution >= 4 is 19.7 Å². The van der Waals surface area contributed by atoms with Crippen LogP contribution in [0.1, 0.15) is 277 Å². The standard InChI is InChI=1S/C50H100NO8P/c1-3-5-7-9-11-13-15-17-19-20-21-22-23-24-25-26-27-29-30-32-34-36-38-40-42-49(53)51-44-45-58-60(55,56)59-47-48(52)46-57-50(54)43-41-39-37-35-33-31-28-18-16-14-12-10-8-6-4-2/h48,52H,3-47H2,1-2H3,(H,51,53)(H,55,56). The maximum Gasteiger partial charge on any atom is 0.472 e. The fourth-order valence-electron chi connectivity index (χ4n) is 7.86. The molecule has 1 amide bonds. The summed E-state index contributed by atoms with van der Waals surface area (Å²) in [4.78, 5) is 34.0. The molecule has 0 aliphatic heterocycles. The summed E-state index contributed by atoms with van der Waals surface area (Å²) in [5.74, 6) is -0.498. The molecular weight excluding hydrogens is 774 g/mol. The highest BCUT2D eigenvalue weighted by molar-refractivity contribution is 7.47. The van der Waals surface area contributed by atoms with Gasteiger partial charge in [-0.3, -0.25) is 18.6 Å². The average molecular weight is 874 g/mol. The van der Waals surface area contributed by atoms with Gasteiger partial charge in [-0.2, -0.15) is 0 Å². The summed E-state index contributed by atoms with van der Waals surface area (Å²) in [5, 5.41) is 12.7. The van der Waals surface area contributed by atoms with E-state index in [1.807, 2.05) is 0 Å². The normalized spacial score (nSPS) is 13.1. The summed E-state index contributed by atoms with van der Waals surface area (Å²) in [5.41, 5.74) is 0. The second-order valence-corrected chi connectivity index (χ2v) is 19.3. The molecule has 10 heteroatoms. The lowest BCUT2D eigenvalue weighted by Gasteiger charge is -2.15. The Bertz CT molecular complexity index is 953. The number of amides is 1. The number of phosphoric acid groups is 1. The maximum absolute atomic E-state index is 12.1. The lowest BCUT2D eigenvalue weighted by molar-refractivity contribution is -0.147. The second kappa shape index (κ2) is 47.5. The third-order valence-electron chi connectivity index (χ3n) is 11.8. The molecule has 0 aliphatic carbocycles. The van der Waals surface area contributed by atoms with Gasteiger partial charge < -0.3 is 20.1 Å². The van der Waals surface area contributed by atoms with E-state index in [1.54, 1.807) is 0 Å². The second-order valence-electron chi connectivity index (χ2n) is 17.9. The van der Waals surface area contributed by atoms with Crippen LogP contribution in [0.15, 0.2) is 0 Å². The number of aliphatic hydroxyl groups excluding tert-OH is 1. The van der Waals surface area contributed by atoms with Crippen molar-refractivity contribution in [3.63, 3.8) is 0 Å². The molecule has 0 aliphatic rings. The predicted molar refractivity (Wildman–Crippen MR) is 252 cm³/mol. The number of hydrogen-bond donors (Lipinski definition) is 3. The van der Waals surface area contributed by atoms with E-state index in [1.165, 1.54) is 212 Å². The number of rotatable bonds is 50. The number of nitrogens with one attached hydrogen (secondary N) is 1. The van der Waals surface area contributed by atoms with Gasteiger partial charge in [-0.25, -0.2) is 4.57 Å². The van der Waals surface area contributed by atoms with E-state index < -0.39 is 26.5 Å². The zero-order chi connectivity index (χ0) is 43.9. The minimum atomic E-state index is -4.41. The van der Waals surface area contributed by atoms with Crippen molar-refractivity contribution in [2.75, 3.05) is 26.4 Å². The van der Waals surface area contributed by atoms with E-state index in [-0.39, 0.29) is 25.7 Å². The van der Waals surface area contributed by atoms with Gasteiger partial charge in [0.05, 0.1) is 13.2 Å². The molecule has 0 rings (SSSR count). The number of hydrogen-bond acceptors (Lipinski definition) is 7. The molecule has 0 saturated heterocycles. The molecule has 0 aromatic heterocycles. The molecule has 0 fully saturated rings.